The molecule has 0 saturated carbocycles. The standard InChI is InChI=1S/C28H30N4O6S/c1-28(2,3)25-12-8-11-21-17-22(18-29-26(21)25)27(33)38-32(30-34)31(19-20-9-6-5-7-10-20)39(35,36)24-15-13-23(37-4)14-16-24/h5-18,30,34H,19H2,1-4H3. The number of fused-ring (bicyclic) bond motifs is 1. The van der Waals surface area contributed by atoms with Crippen LogP contribution in [0, 0.1) is 0 Å². The number of pyridine rings is 1. The van der Waals surface area contributed by atoms with Gasteiger partial charge < -0.3 is 9.57 Å². The van der Waals surface area contributed by atoms with E-state index in [1.165, 1.54) is 37.6 Å². The van der Waals surface area contributed by atoms with Crippen molar-refractivity contribution in [2.75, 3.05) is 7.11 Å². The van der Waals surface area contributed by atoms with Gasteiger partial charge in [0.2, 0.25) is 0 Å². The molecule has 0 bridgehead atoms. The fourth-order valence-electron chi connectivity index (χ4n) is 3.98. The quantitative estimate of drug-likeness (QED) is 0.288. The summed E-state index contributed by atoms with van der Waals surface area (Å²) >= 11 is 0. The summed E-state index contributed by atoms with van der Waals surface area (Å²) in [6, 6.07) is 21.6. The Kier molecular flexibility index (Phi) is 8.28. The van der Waals surface area contributed by atoms with Gasteiger partial charge in [0.15, 0.2) is 0 Å². The van der Waals surface area contributed by atoms with Crippen molar-refractivity contribution in [1.82, 2.24) is 20.3 Å². The van der Waals surface area contributed by atoms with Crippen molar-refractivity contribution >= 4 is 26.9 Å². The molecule has 4 rings (SSSR count). The highest BCUT2D eigenvalue weighted by Gasteiger charge is 2.34. The summed E-state index contributed by atoms with van der Waals surface area (Å²) in [7, 11) is -2.87. The number of methoxy groups -OCH3 is 1. The third-order valence-corrected chi connectivity index (χ3v) is 7.71. The number of carbonyl (C=O) groups is 1. The van der Waals surface area contributed by atoms with Gasteiger partial charge in [-0.15, -0.1) is 0 Å². The average molecular weight is 551 g/mol. The van der Waals surface area contributed by atoms with Crippen LogP contribution in [0.3, 0.4) is 0 Å². The van der Waals surface area contributed by atoms with Crippen molar-refractivity contribution in [3.63, 3.8) is 0 Å². The summed E-state index contributed by atoms with van der Waals surface area (Å²) in [5.41, 5.74) is 3.91. The Labute approximate surface area is 227 Å². The third-order valence-electron chi connectivity index (χ3n) is 6.01. The van der Waals surface area contributed by atoms with E-state index in [-0.39, 0.29) is 22.4 Å². The van der Waals surface area contributed by atoms with E-state index in [0.29, 0.717) is 26.4 Å². The largest absolute Gasteiger partial charge is 0.497 e. The number of rotatable bonds is 9. The normalized spacial score (nSPS) is 12.2. The van der Waals surface area contributed by atoms with Crippen molar-refractivity contribution in [2.45, 2.75) is 37.6 Å². The summed E-state index contributed by atoms with van der Waals surface area (Å²) in [6.45, 7) is 5.95. The highest BCUT2D eigenvalue weighted by molar-refractivity contribution is 7.89. The molecule has 1 heterocycles. The highest BCUT2D eigenvalue weighted by Crippen LogP contribution is 2.29. The van der Waals surface area contributed by atoms with Gasteiger partial charge in [-0.05, 0) is 46.9 Å². The van der Waals surface area contributed by atoms with E-state index in [9.17, 15) is 18.4 Å². The zero-order valence-electron chi connectivity index (χ0n) is 22.0. The predicted octanol–water partition coefficient (Wildman–Crippen LogP) is 4.61. The zero-order chi connectivity index (χ0) is 28.2. The summed E-state index contributed by atoms with van der Waals surface area (Å²) in [6.07, 6.45) is 1.36. The number of ether oxygens (including phenoxy) is 1. The molecule has 0 radical (unpaired) electrons. The van der Waals surface area contributed by atoms with Crippen LogP contribution in [0.2, 0.25) is 0 Å². The molecule has 3 aromatic carbocycles. The van der Waals surface area contributed by atoms with Crippen molar-refractivity contribution in [3.05, 3.63) is 102 Å². The van der Waals surface area contributed by atoms with E-state index in [4.69, 9.17) is 9.57 Å². The summed E-state index contributed by atoms with van der Waals surface area (Å²) in [4.78, 5) is 22.9. The average Bonchev–Trinajstić information content (AvgIpc) is 2.94. The lowest BCUT2D eigenvalue weighted by Gasteiger charge is -2.30. The minimum absolute atomic E-state index is 0.0651. The minimum Gasteiger partial charge on any atom is -0.497 e. The number of hydrogen-bond acceptors (Lipinski definition) is 9. The Morgan fingerprint density at radius 1 is 1.00 bits per heavy atom. The Morgan fingerprint density at radius 3 is 2.31 bits per heavy atom. The number of benzene rings is 3. The number of para-hydroxylation sites is 1. The molecular formula is C28H30N4O6S. The van der Waals surface area contributed by atoms with Gasteiger partial charge in [-0.3, -0.25) is 10.2 Å². The van der Waals surface area contributed by atoms with E-state index in [1.54, 1.807) is 42.0 Å². The number of aromatic nitrogens is 1. The van der Waals surface area contributed by atoms with Crippen LogP contribution in [0.15, 0.2) is 90.0 Å². The van der Waals surface area contributed by atoms with E-state index in [0.717, 1.165) is 11.1 Å². The molecule has 1 aromatic heterocycles. The Balaban J connectivity index is 1.68. The van der Waals surface area contributed by atoms with Crippen LogP contribution < -0.4 is 10.3 Å². The first kappa shape index (κ1) is 28.1. The smallest absolute Gasteiger partial charge is 0.361 e. The molecule has 2 N–H and O–H groups in total. The maximum Gasteiger partial charge on any atom is 0.361 e. The SMILES string of the molecule is COc1ccc(S(=O)(=O)N(Cc2ccccc2)N(NO)OC(=O)c2cnc3c(C(C)(C)C)cccc3c2)cc1. The van der Waals surface area contributed by atoms with Crippen LogP contribution in [-0.4, -0.2) is 41.4 Å². The molecule has 0 fully saturated rings. The second-order valence-electron chi connectivity index (χ2n) is 9.75. The molecular weight excluding hydrogens is 520 g/mol. The summed E-state index contributed by atoms with van der Waals surface area (Å²) in [5, 5.41) is 11.0. The number of hydrazine groups is 2. The molecule has 0 unspecified atom stereocenters. The lowest BCUT2D eigenvalue weighted by atomic mass is 9.85. The van der Waals surface area contributed by atoms with Crippen LogP contribution in [0.4, 0.5) is 0 Å². The van der Waals surface area contributed by atoms with Crippen LogP contribution in [0.5, 0.6) is 5.75 Å². The molecule has 0 atom stereocenters. The van der Waals surface area contributed by atoms with Gasteiger partial charge in [0.05, 0.1) is 29.6 Å². The van der Waals surface area contributed by atoms with Gasteiger partial charge in [0, 0.05) is 16.9 Å². The second-order valence-corrected chi connectivity index (χ2v) is 11.6. The maximum atomic E-state index is 13.6. The number of nitrogens with zero attached hydrogens (tertiary/aromatic N) is 3. The Morgan fingerprint density at radius 2 is 1.69 bits per heavy atom. The monoisotopic (exact) mass is 550 g/mol. The minimum atomic E-state index is -4.33. The van der Waals surface area contributed by atoms with Gasteiger partial charge in [0.25, 0.3) is 10.0 Å². The fourth-order valence-corrected chi connectivity index (χ4v) is 5.29. The number of hydrogen-bond donors (Lipinski definition) is 2. The molecule has 11 heteroatoms. The zero-order valence-corrected chi connectivity index (χ0v) is 22.8. The van der Waals surface area contributed by atoms with Crippen LogP contribution >= 0.6 is 0 Å². The van der Waals surface area contributed by atoms with Crippen molar-refractivity contribution in [2.24, 2.45) is 0 Å². The molecule has 0 spiro atoms. The molecule has 4 aromatic rings. The van der Waals surface area contributed by atoms with Gasteiger partial charge in [0.1, 0.15) is 5.75 Å². The Bertz CT molecular complexity index is 1560. The van der Waals surface area contributed by atoms with Gasteiger partial charge in [-0.2, -0.15) is 0 Å². The first-order valence-corrected chi connectivity index (χ1v) is 13.5. The molecule has 0 amide bonds. The van der Waals surface area contributed by atoms with Gasteiger partial charge >= 0.3 is 5.97 Å². The van der Waals surface area contributed by atoms with E-state index in [2.05, 4.69) is 25.8 Å². The fraction of sp³-hybridized carbons (Fsp3) is 0.214. The lowest BCUT2D eigenvalue weighted by molar-refractivity contribution is -0.300. The van der Waals surface area contributed by atoms with Gasteiger partial charge in [-0.1, -0.05) is 79.3 Å². The van der Waals surface area contributed by atoms with Crippen LogP contribution in [-0.2, 0) is 26.8 Å². The maximum absolute atomic E-state index is 13.6. The second kappa shape index (κ2) is 11.5. The number of nitrogens with one attached hydrogen (secondary N) is 1. The van der Waals surface area contributed by atoms with Gasteiger partial charge in [-0.25, -0.2) is 13.2 Å². The van der Waals surface area contributed by atoms with Crippen LogP contribution in [0.1, 0.15) is 42.3 Å². The number of carbonyl (C=O) groups excluding carboxylic acids is 1. The molecule has 39 heavy (non-hydrogen) atoms. The number of sulfonamides is 1. The van der Waals surface area contributed by atoms with E-state index in [1.807, 2.05) is 18.2 Å². The van der Waals surface area contributed by atoms with E-state index >= 15 is 0 Å². The summed E-state index contributed by atoms with van der Waals surface area (Å²) < 4.78 is 33.1. The molecule has 0 aliphatic rings. The topological polar surface area (TPSA) is 121 Å². The molecule has 0 aliphatic carbocycles. The van der Waals surface area contributed by atoms with Crippen LogP contribution in [0.25, 0.3) is 10.9 Å². The van der Waals surface area contributed by atoms with Crippen molar-refractivity contribution < 1.29 is 28.0 Å². The van der Waals surface area contributed by atoms with E-state index < -0.39 is 16.0 Å². The van der Waals surface area contributed by atoms with Crippen molar-refractivity contribution in [1.29, 1.82) is 0 Å². The van der Waals surface area contributed by atoms with Crippen molar-refractivity contribution in [3.8, 4) is 5.75 Å². The summed E-state index contributed by atoms with van der Waals surface area (Å²) in [5.74, 6) is -0.472. The first-order valence-electron chi connectivity index (χ1n) is 12.1. The molecule has 10 nitrogen and oxygen atoms in total. The molecule has 0 saturated heterocycles. The lowest BCUT2D eigenvalue weighted by Crippen LogP contribution is -2.52. The molecule has 0 aliphatic heterocycles. The Hall–Kier alpha value is -3.87. The highest BCUT2D eigenvalue weighted by atomic mass is 32.2. The molecule has 204 valence electrons. The predicted molar refractivity (Wildman–Crippen MR) is 145 cm³/mol. The third kappa shape index (κ3) is 6.24. The first-order chi connectivity index (χ1) is 18.5.